The number of carbonyl (C=O) groups excluding carboxylic acids is 1. The lowest BCUT2D eigenvalue weighted by molar-refractivity contribution is 0.0231. The lowest BCUT2D eigenvalue weighted by Gasteiger charge is -2.30. The Kier molecular flexibility index (Phi) is 6.16. The van der Waals surface area contributed by atoms with Crippen molar-refractivity contribution < 1.29 is 19.4 Å². The first kappa shape index (κ1) is 19.0. The van der Waals surface area contributed by atoms with Gasteiger partial charge in [-0.25, -0.2) is 14.6 Å². The molecule has 1 N–H and O–H groups in total. The summed E-state index contributed by atoms with van der Waals surface area (Å²) < 4.78 is 5.35. The smallest absolute Gasteiger partial charge is 0.411 e. The second kappa shape index (κ2) is 7.47. The summed E-state index contributed by atoms with van der Waals surface area (Å²) in [5, 5.41) is 10.7. The van der Waals surface area contributed by atoms with E-state index in [1.165, 1.54) is 10.3 Å². The molecule has 0 unspecified atom stereocenters. The predicted octanol–water partition coefficient (Wildman–Crippen LogP) is 3.08. The molecule has 1 aromatic heterocycles. The number of thiazole rings is 1. The first-order chi connectivity index (χ1) is 10.5. The van der Waals surface area contributed by atoms with Gasteiger partial charge in [0.15, 0.2) is 10.7 Å². The number of hydrogen-bond acceptors (Lipinski definition) is 5. The van der Waals surface area contributed by atoms with Gasteiger partial charge in [-0.05, 0) is 32.6 Å². The van der Waals surface area contributed by atoms with Crippen LogP contribution in [0.3, 0.4) is 0 Å². The molecular formula is C16H22N2O4S. The van der Waals surface area contributed by atoms with Crippen LogP contribution in [0.15, 0.2) is 5.38 Å². The topological polar surface area (TPSA) is 79.7 Å². The van der Waals surface area contributed by atoms with E-state index in [1.54, 1.807) is 27.8 Å². The summed E-state index contributed by atoms with van der Waals surface area (Å²) in [4.78, 5) is 28.3. The highest BCUT2D eigenvalue weighted by Gasteiger charge is 2.26. The fourth-order valence-corrected chi connectivity index (χ4v) is 2.37. The fraction of sp³-hybridized carbons (Fsp3) is 0.562. The highest BCUT2D eigenvalue weighted by Crippen LogP contribution is 2.15. The first-order valence-electron chi connectivity index (χ1n) is 7.17. The van der Waals surface area contributed by atoms with Gasteiger partial charge in [-0.1, -0.05) is 19.8 Å². The summed E-state index contributed by atoms with van der Waals surface area (Å²) in [6, 6.07) is -0.359. The standard InChI is InChI=1S/C16H22N2O4S/c1-10(2)12(18(6)15(21)22-16(3,4)5)7-8-13-17-11(9-23-13)14(19)20/h9-10,12H,1-6H3,(H,19,20)/t12-/m1/s1. The van der Waals surface area contributed by atoms with Crippen LogP contribution in [0, 0.1) is 17.8 Å². The number of aromatic nitrogens is 1. The van der Waals surface area contributed by atoms with E-state index >= 15 is 0 Å². The Morgan fingerprint density at radius 2 is 2.00 bits per heavy atom. The molecule has 1 heterocycles. The minimum absolute atomic E-state index is 0.0270. The number of rotatable bonds is 3. The van der Waals surface area contributed by atoms with Gasteiger partial charge in [0, 0.05) is 12.4 Å². The zero-order valence-corrected chi connectivity index (χ0v) is 15.0. The van der Waals surface area contributed by atoms with Crippen LogP contribution in [-0.4, -0.2) is 45.7 Å². The molecule has 0 aliphatic heterocycles. The quantitative estimate of drug-likeness (QED) is 0.857. The molecule has 1 amide bonds. The second-order valence-electron chi connectivity index (χ2n) is 6.39. The third-order valence-electron chi connectivity index (χ3n) is 2.78. The summed E-state index contributed by atoms with van der Waals surface area (Å²) in [6.07, 6.45) is -0.448. The maximum Gasteiger partial charge on any atom is 0.411 e. The van der Waals surface area contributed by atoms with E-state index in [1.807, 2.05) is 13.8 Å². The Morgan fingerprint density at radius 3 is 2.43 bits per heavy atom. The van der Waals surface area contributed by atoms with Gasteiger partial charge in [-0.3, -0.25) is 4.90 Å². The van der Waals surface area contributed by atoms with E-state index in [0.717, 1.165) is 11.3 Å². The molecule has 0 saturated heterocycles. The van der Waals surface area contributed by atoms with E-state index < -0.39 is 17.7 Å². The molecule has 0 spiro atoms. The molecule has 0 aliphatic carbocycles. The molecule has 0 fully saturated rings. The van der Waals surface area contributed by atoms with Crippen LogP contribution in [-0.2, 0) is 4.74 Å². The van der Waals surface area contributed by atoms with Crippen LogP contribution in [0.5, 0.6) is 0 Å². The molecular weight excluding hydrogens is 316 g/mol. The average Bonchev–Trinajstić information content (AvgIpc) is 2.85. The van der Waals surface area contributed by atoms with Crippen molar-refractivity contribution in [3.05, 3.63) is 16.1 Å². The van der Waals surface area contributed by atoms with Crippen LogP contribution in [0.4, 0.5) is 4.79 Å². The van der Waals surface area contributed by atoms with Crippen LogP contribution < -0.4 is 0 Å². The summed E-state index contributed by atoms with van der Waals surface area (Å²) in [6.45, 7) is 9.31. The summed E-state index contributed by atoms with van der Waals surface area (Å²) in [5.74, 6) is 4.83. The normalized spacial score (nSPS) is 12.3. The van der Waals surface area contributed by atoms with E-state index in [2.05, 4.69) is 16.8 Å². The first-order valence-corrected chi connectivity index (χ1v) is 8.05. The fourth-order valence-electron chi connectivity index (χ4n) is 1.72. The lowest BCUT2D eigenvalue weighted by atomic mass is 10.0. The number of aromatic carboxylic acids is 1. The van der Waals surface area contributed by atoms with Gasteiger partial charge in [0.05, 0.1) is 6.04 Å². The number of hydrogen-bond donors (Lipinski definition) is 1. The van der Waals surface area contributed by atoms with Crippen LogP contribution in [0.2, 0.25) is 0 Å². The molecule has 0 aliphatic rings. The zero-order chi connectivity index (χ0) is 17.8. The molecule has 7 heteroatoms. The maximum atomic E-state index is 12.2. The molecule has 1 aromatic rings. The Balaban J connectivity index is 2.93. The minimum atomic E-state index is -1.08. The van der Waals surface area contributed by atoms with Crippen molar-refractivity contribution in [3.8, 4) is 11.8 Å². The largest absolute Gasteiger partial charge is 0.476 e. The third kappa shape index (κ3) is 5.91. The van der Waals surface area contributed by atoms with Gasteiger partial charge in [0.1, 0.15) is 5.60 Å². The van der Waals surface area contributed by atoms with Crippen molar-refractivity contribution >= 4 is 23.4 Å². The molecule has 0 bridgehead atoms. The molecule has 126 valence electrons. The van der Waals surface area contributed by atoms with Crippen molar-refractivity contribution in [3.63, 3.8) is 0 Å². The van der Waals surface area contributed by atoms with E-state index in [-0.39, 0.29) is 17.7 Å². The van der Waals surface area contributed by atoms with E-state index in [0.29, 0.717) is 5.01 Å². The zero-order valence-electron chi connectivity index (χ0n) is 14.2. The number of nitrogens with zero attached hydrogens (tertiary/aromatic N) is 2. The number of ether oxygens (including phenoxy) is 1. The lowest BCUT2D eigenvalue weighted by Crippen LogP contribution is -2.42. The minimum Gasteiger partial charge on any atom is -0.476 e. The van der Waals surface area contributed by atoms with Crippen molar-refractivity contribution in [2.24, 2.45) is 5.92 Å². The molecule has 6 nitrogen and oxygen atoms in total. The van der Waals surface area contributed by atoms with Gasteiger partial charge < -0.3 is 9.84 Å². The number of amides is 1. The van der Waals surface area contributed by atoms with Crippen LogP contribution in [0.1, 0.15) is 50.1 Å². The average molecular weight is 338 g/mol. The molecule has 0 saturated carbocycles. The molecule has 1 atom stereocenters. The highest BCUT2D eigenvalue weighted by atomic mass is 32.1. The summed E-state index contributed by atoms with van der Waals surface area (Å²) >= 11 is 1.16. The maximum absolute atomic E-state index is 12.2. The molecule has 23 heavy (non-hydrogen) atoms. The number of carbonyl (C=O) groups is 2. The second-order valence-corrected chi connectivity index (χ2v) is 7.25. The van der Waals surface area contributed by atoms with Gasteiger partial charge in [-0.15, -0.1) is 11.3 Å². The Hall–Kier alpha value is -2.07. The van der Waals surface area contributed by atoms with E-state index in [4.69, 9.17) is 9.84 Å². The van der Waals surface area contributed by atoms with Crippen molar-refractivity contribution in [1.82, 2.24) is 9.88 Å². The Bertz CT molecular complexity index is 634. The monoisotopic (exact) mass is 338 g/mol. The third-order valence-corrected chi connectivity index (χ3v) is 3.54. The van der Waals surface area contributed by atoms with Crippen molar-refractivity contribution in [1.29, 1.82) is 0 Å². The Labute approximate surface area is 140 Å². The van der Waals surface area contributed by atoms with Crippen molar-refractivity contribution in [2.75, 3.05) is 7.05 Å². The van der Waals surface area contributed by atoms with Gasteiger partial charge in [-0.2, -0.15) is 0 Å². The highest BCUT2D eigenvalue weighted by molar-refractivity contribution is 7.10. The number of carboxylic acid groups (broad SMARTS) is 1. The predicted molar refractivity (Wildman–Crippen MR) is 88.6 cm³/mol. The van der Waals surface area contributed by atoms with E-state index in [9.17, 15) is 9.59 Å². The van der Waals surface area contributed by atoms with Gasteiger partial charge >= 0.3 is 12.1 Å². The number of carboxylic acids is 1. The molecule has 0 radical (unpaired) electrons. The van der Waals surface area contributed by atoms with Gasteiger partial charge in [0.2, 0.25) is 0 Å². The Morgan fingerprint density at radius 1 is 1.39 bits per heavy atom. The van der Waals surface area contributed by atoms with Gasteiger partial charge in [0.25, 0.3) is 0 Å². The molecule has 0 aromatic carbocycles. The summed E-state index contributed by atoms with van der Waals surface area (Å²) in [5.41, 5.74) is -0.604. The summed E-state index contributed by atoms with van der Waals surface area (Å²) in [7, 11) is 1.64. The van der Waals surface area contributed by atoms with Crippen LogP contribution >= 0.6 is 11.3 Å². The van der Waals surface area contributed by atoms with Crippen LogP contribution in [0.25, 0.3) is 0 Å². The molecule has 1 rings (SSSR count). The SMILES string of the molecule is CC(C)[C@@H](C#Cc1nc(C(=O)O)cs1)N(C)C(=O)OC(C)(C)C. The van der Waals surface area contributed by atoms with Crippen molar-refractivity contribution in [2.45, 2.75) is 46.3 Å².